The lowest BCUT2D eigenvalue weighted by Gasteiger charge is -2.04. The highest BCUT2D eigenvalue weighted by atomic mass is 32.1. The predicted octanol–water partition coefficient (Wildman–Crippen LogP) is 2.49. The fourth-order valence-corrected chi connectivity index (χ4v) is 2.91. The first-order valence-corrected chi connectivity index (χ1v) is 8.04. The van der Waals surface area contributed by atoms with Crippen LogP contribution in [-0.2, 0) is 11.2 Å². The van der Waals surface area contributed by atoms with E-state index in [1.165, 1.54) is 11.3 Å². The molecule has 2 aromatic heterocycles. The molecule has 7 heteroatoms. The maximum Gasteiger partial charge on any atom is 0.248 e. The zero-order valence-electron chi connectivity index (χ0n) is 12.6. The number of hydrogen-bond donors (Lipinski definition) is 2. The second kappa shape index (κ2) is 7.01. The van der Waals surface area contributed by atoms with Gasteiger partial charge in [-0.2, -0.15) is 0 Å². The molecule has 3 rings (SSSR count). The summed E-state index contributed by atoms with van der Waals surface area (Å²) in [5.74, 6) is -0.678. The number of carbonyl (C=O) groups is 2. The summed E-state index contributed by atoms with van der Waals surface area (Å²) in [5, 5.41) is 5.46. The van der Waals surface area contributed by atoms with Crippen molar-refractivity contribution in [1.29, 1.82) is 0 Å². The molecular weight excluding hydrogens is 324 g/mol. The van der Waals surface area contributed by atoms with E-state index in [9.17, 15) is 9.59 Å². The minimum Gasteiger partial charge on any atom is -0.366 e. The molecule has 120 valence electrons. The largest absolute Gasteiger partial charge is 0.366 e. The molecule has 0 aliphatic carbocycles. The van der Waals surface area contributed by atoms with Crippen LogP contribution in [0.25, 0.3) is 10.6 Å². The fourth-order valence-electron chi connectivity index (χ4n) is 2.10. The van der Waals surface area contributed by atoms with E-state index in [-0.39, 0.29) is 12.3 Å². The van der Waals surface area contributed by atoms with Gasteiger partial charge in [-0.05, 0) is 36.4 Å². The Hall–Kier alpha value is -3.06. The number of hydrogen-bond acceptors (Lipinski definition) is 5. The van der Waals surface area contributed by atoms with Crippen molar-refractivity contribution in [3.05, 3.63) is 65.4 Å². The van der Waals surface area contributed by atoms with E-state index in [1.807, 2.05) is 17.5 Å². The van der Waals surface area contributed by atoms with Crippen molar-refractivity contribution in [2.45, 2.75) is 6.42 Å². The van der Waals surface area contributed by atoms with Gasteiger partial charge in [-0.25, -0.2) is 4.98 Å². The third-order valence-corrected chi connectivity index (χ3v) is 4.20. The highest BCUT2D eigenvalue weighted by Crippen LogP contribution is 2.23. The number of primary amides is 1. The third kappa shape index (κ3) is 3.82. The van der Waals surface area contributed by atoms with Crippen molar-refractivity contribution in [1.82, 2.24) is 9.97 Å². The molecule has 0 fully saturated rings. The Kier molecular flexibility index (Phi) is 4.62. The molecule has 0 saturated heterocycles. The van der Waals surface area contributed by atoms with Crippen LogP contribution < -0.4 is 11.1 Å². The Morgan fingerprint density at radius 1 is 1.17 bits per heavy atom. The van der Waals surface area contributed by atoms with Crippen LogP contribution in [0.4, 0.5) is 5.69 Å². The number of carbonyl (C=O) groups excluding carboxylic acids is 2. The van der Waals surface area contributed by atoms with Gasteiger partial charge in [0.1, 0.15) is 5.01 Å². The molecule has 0 unspecified atom stereocenters. The zero-order valence-corrected chi connectivity index (χ0v) is 13.4. The second-order valence-electron chi connectivity index (χ2n) is 5.05. The minimum atomic E-state index is -0.502. The van der Waals surface area contributed by atoms with Crippen LogP contribution in [0.15, 0.2) is 54.2 Å². The van der Waals surface area contributed by atoms with Crippen LogP contribution in [-0.4, -0.2) is 21.8 Å². The third-order valence-electron chi connectivity index (χ3n) is 3.26. The van der Waals surface area contributed by atoms with Gasteiger partial charge in [0.2, 0.25) is 11.8 Å². The molecule has 6 nitrogen and oxygen atoms in total. The molecule has 1 aromatic carbocycles. The highest BCUT2D eigenvalue weighted by Gasteiger charge is 2.10. The van der Waals surface area contributed by atoms with Gasteiger partial charge in [0.05, 0.1) is 12.1 Å². The zero-order chi connectivity index (χ0) is 16.9. The summed E-state index contributed by atoms with van der Waals surface area (Å²) >= 11 is 1.47. The van der Waals surface area contributed by atoms with Gasteiger partial charge in [-0.3, -0.25) is 14.6 Å². The van der Waals surface area contributed by atoms with Crippen LogP contribution >= 0.6 is 11.3 Å². The molecule has 0 aliphatic rings. The fraction of sp³-hybridized carbons (Fsp3) is 0.0588. The summed E-state index contributed by atoms with van der Waals surface area (Å²) in [6, 6.07) is 10.2. The monoisotopic (exact) mass is 338 g/mol. The van der Waals surface area contributed by atoms with Crippen molar-refractivity contribution in [3.63, 3.8) is 0 Å². The predicted molar refractivity (Wildman–Crippen MR) is 92.6 cm³/mol. The average Bonchev–Trinajstić information content (AvgIpc) is 3.04. The Labute approximate surface area is 142 Å². The molecule has 0 spiro atoms. The molecule has 0 bridgehead atoms. The quantitative estimate of drug-likeness (QED) is 0.746. The summed E-state index contributed by atoms with van der Waals surface area (Å²) in [6.45, 7) is 0. The standard InChI is InChI=1S/C17H14N4O2S/c18-16(23)11-3-5-13(6-4-11)20-15(22)8-14-10-24-17(21-14)12-2-1-7-19-9-12/h1-7,9-10H,8H2,(H2,18,23)(H,20,22). The van der Waals surface area contributed by atoms with Gasteiger partial charge in [0.25, 0.3) is 0 Å². The number of amides is 2. The van der Waals surface area contributed by atoms with Crippen molar-refractivity contribution < 1.29 is 9.59 Å². The van der Waals surface area contributed by atoms with E-state index in [0.717, 1.165) is 10.6 Å². The molecule has 3 aromatic rings. The lowest BCUT2D eigenvalue weighted by atomic mass is 10.2. The molecule has 0 atom stereocenters. The van der Waals surface area contributed by atoms with E-state index in [0.29, 0.717) is 16.9 Å². The van der Waals surface area contributed by atoms with Crippen molar-refractivity contribution in [2.24, 2.45) is 5.73 Å². The number of nitrogens with two attached hydrogens (primary N) is 1. The first kappa shape index (κ1) is 15.8. The molecule has 2 heterocycles. The van der Waals surface area contributed by atoms with Gasteiger partial charge >= 0.3 is 0 Å². The summed E-state index contributed by atoms with van der Waals surface area (Å²) in [5.41, 5.74) is 7.81. The number of aromatic nitrogens is 2. The van der Waals surface area contributed by atoms with Crippen molar-refractivity contribution >= 4 is 28.8 Å². The summed E-state index contributed by atoms with van der Waals surface area (Å²) in [7, 11) is 0. The van der Waals surface area contributed by atoms with E-state index in [2.05, 4.69) is 15.3 Å². The summed E-state index contributed by atoms with van der Waals surface area (Å²) < 4.78 is 0. The van der Waals surface area contributed by atoms with Gasteiger partial charge in [-0.15, -0.1) is 11.3 Å². The van der Waals surface area contributed by atoms with Crippen LogP contribution in [0.2, 0.25) is 0 Å². The molecular formula is C17H14N4O2S. The Balaban J connectivity index is 1.63. The first-order valence-electron chi connectivity index (χ1n) is 7.16. The number of benzene rings is 1. The minimum absolute atomic E-state index is 0.175. The summed E-state index contributed by atoms with van der Waals surface area (Å²) in [6.07, 6.45) is 3.62. The van der Waals surface area contributed by atoms with Gasteiger partial charge in [-0.1, -0.05) is 0 Å². The van der Waals surface area contributed by atoms with E-state index in [4.69, 9.17) is 5.73 Å². The molecule has 2 amide bonds. The smallest absolute Gasteiger partial charge is 0.248 e. The van der Waals surface area contributed by atoms with Crippen LogP contribution in [0.1, 0.15) is 16.1 Å². The van der Waals surface area contributed by atoms with Gasteiger partial charge in [0.15, 0.2) is 0 Å². The molecule has 0 aliphatic heterocycles. The van der Waals surface area contributed by atoms with Gasteiger partial charge < -0.3 is 11.1 Å². The first-order chi connectivity index (χ1) is 11.6. The highest BCUT2D eigenvalue weighted by molar-refractivity contribution is 7.13. The van der Waals surface area contributed by atoms with Crippen LogP contribution in [0.3, 0.4) is 0 Å². The lowest BCUT2D eigenvalue weighted by Crippen LogP contribution is -2.15. The van der Waals surface area contributed by atoms with Crippen molar-refractivity contribution in [3.8, 4) is 10.6 Å². The molecule has 24 heavy (non-hydrogen) atoms. The maximum atomic E-state index is 12.1. The molecule has 3 N–H and O–H groups in total. The van der Waals surface area contributed by atoms with E-state index < -0.39 is 5.91 Å². The van der Waals surface area contributed by atoms with Crippen molar-refractivity contribution in [2.75, 3.05) is 5.32 Å². The number of nitrogens with one attached hydrogen (secondary N) is 1. The number of anilines is 1. The molecule has 0 saturated carbocycles. The topological polar surface area (TPSA) is 98.0 Å². The SMILES string of the molecule is NC(=O)c1ccc(NC(=O)Cc2csc(-c3cccnc3)n2)cc1. The maximum absolute atomic E-state index is 12.1. The Morgan fingerprint density at radius 3 is 2.62 bits per heavy atom. The summed E-state index contributed by atoms with van der Waals surface area (Å²) in [4.78, 5) is 31.6. The Morgan fingerprint density at radius 2 is 1.96 bits per heavy atom. The van der Waals surface area contributed by atoms with Gasteiger partial charge in [0, 0.05) is 34.6 Å². The van der Waals surface area contributed by atoms with E-state index >= 15 is 0 Å². The normalized spacial score (nSPS) is 10.3. The number of nitrogens with zero attached hydrogens (tertiary/aromatic N) is 2. The number of pyridine rings is 1. The number of rotatable bonds is 5. The van der Waals surface area contributed by atoms with Crippen LogP contribution in [0.5, 0.6) is 0 Å². The van der Waals surface area contributed by atoms with Crippen LogP contribution in [0, 0.1) is 0 Å². The number of thiazole rings is 1. The lowest BCUT2D eigenvalue weighted by molar-refractivity contribution is -0.115. The molecule has 0 radical (unpaired) electrons. The van der Waals surface area contributed by atoms with E-state index in [1.54, 1.807) is 36.7 Å². The Bertz CT molecular complexity index is 860. The second-order valence-corrected chi connectivity index (χ2v) is 5.91. The average molecular weight is 338 g/mol.